The smallest absolute Gasteiger partial charge is 0.230 e. The summed E-state index contributed by atoms with van der Waals surface area (Å²) < 4.78 is 80.5. The van der Waals surface area contributed by atoms with E-state index >= 15 is 0 Å². The minimum Gasteiger partial charge on any atom is -0.467 e. The summed E-state index contributed by atoms with van der Waals surface area (Å²) in [5.41, 5.74) is 5.86. The molecule has 0 spiro atoms. The van der Waals surface area contributed by atoms with Crippen LogP contribution < -0.4 is 47.4 Å². The lowest BCUT2D eigenvalue weighted by atomic mass is 9.92. The number of fused-ring (bicyclic) bond motifs is 2. The van der Waals surface area contributed by atoms with Crippen LogP contribution >= 0.6 is 0 Å². The fourth-order valence-electron chi connectivity index (χ4n) is 8.78. The first-order valence-electron chi connectivity index (χ1n) is 26.0. The first kappa shape index (κ1) is 51.3. The van der Waals surface area contributed by atoms with Crippen LogP contribution in [-0.4, -0.2) is 66.6 Å². The molecular weight excluding hydrogens is 1020 g/mol. The molecule has 2 fully saturated rings. The molecule has 402 valence electrons. The highest BCUT2D eigenvalue weighted by Gasteiger charge is 2.24. The number of ether oxygens (including phenoxy) is 14. The van der Waals surface area contributed by atoms with Crippen LogP contribution in [0.5, 0.6) is 57.5 Å². The van der Waals surface area contributed by atoms with Crippen molar-refractivity contribution in [2.45, 2.75) is 12.6 Å². The molecule has 10 aromatic carbocycles. The highest BCUT2D eigenvalue weighted by Crippen LogP contribution is 2.46. The van der Waals surface area contributed by atoms with Gasteiger partial charge in [0.1, 0.15) is 70.7 Å². The van der Waals surface area contributed by atoms with Crippen molar-refractivity contribution in [1.29, 1.82) is 0 Å². The number of hydrogen-bond acceptors (Lipinski definition) is 14. The average Bonchev–Trinajstić information content (AvgIpc) is 4.52. The Balaban J connectivity index is 0.647. The lowest BCUT2D eigenvalue weighted by molar-refractivity contribution is -0.0344. The first-order chi connectivity index (χ1) is 39.6. The molecular formula is C66H54O14. The third kappa shape index (κ3) is 13.4. The van der Waals surface area contributed by atoms with E-state index in [1.165, 1.54) is 0 Å². The number of benzene rings is 10. The van der Waals surface area contributed by atoms with E-state index in [1.54, 1.807) is 0 Å². The summed E-state index contributed by atoms with van der Waals surface area (Å²) >= 11 is 0. The van der Waals surface area contributed by atoms with E-state index in [2.05, 4.69) is 36.4 Å². The Hall–Kier alpha value is -9.44. The summed E-state index contributed by atoms with van der Waals surface area (Å²) in [6, 6.07) is 70.6. The van der Waals surface area contributed by atoms with Crippen molar-refractivity contribution in [2.75, 3.05) is 54.0 Å². The number of hydrogen-bond donors (Lipinski definition) is 0. The average molecular weight is 1070 g/mol. The van der Waals surface area contributed by atoms with E-state index < -0.39 is 0 Å². The van der Waals surface area contributed by atoms with Gasteiger partial charge in [0, 0.05) is 11.1 Å². The summed E-state index contributed by atoms with van der Waals surface area (Å²) in [6.45, 7) is 1.53. The molecule has 2 unspecified atom stereocenters. The van der Waals surface area contributed by atoms with Crippen LogP contribution in [0.1, 0.15) is 0 Å². The van der Waals surface area contributed by atoms with Gasteiger partial charge >= 0.3 is 0 Å². The predicted molar refractivity (Wildman–Crippen MR) is 301 cm³/mol. The molecule has 2 aliphatic heterocycles. The van der Waals surface area contributed by atoms with Crippen molar-refractivity contribution in [2.24, 2.45) is 0 Å². The fourth-order valence-corrected chi connectivity index (χ4v) is 8.78. The first-order valence-corrected chi connectivity index (χ1v) is 26.0. The van der Waals surface area contributed by atoms with Crippen LogP contribution in [0, 0.1) is 0 Å². The lowest BCUT2D eigenvalue weighted by Crippen LogP contribution is -2.08. The van der Waals surface area contributed by atoms with Crippen molar-refractivity contribution >= 4 is 21.5 Å². The van der Waals surface area contributed by atoms with Gasteiger partial charge in [-0.1, -0.05) is 109 Å². The van der Waals surface area contributed by atoms with Crippen LogP contribution in [0.25, 0.3) is 54.9 Å². The summed E-state index contributed by atoms with van der Waals surface area (Å²) in [4.78, 5) is 0. The zero-order valence-electron chi connectivity index (χ0n) is 43.3. The fraction of sp³-hybridized carbons (Fsp3) is 0.152. The predicted octanol–water partition coefficient (Wildman–Crippen LogP) is 14.1. The maximum Gasteiger partial charge on any atom is 0.230 e. The molecule has 2 heterocycles. The standard InChI is InChI=1S/C66H54O14/c1-3-7-59-49(5-1)17-35-61(77-41-73-53-23-13-47(14-24-53)45-9-19-51(20-10-45)69-39-71-55-27-31-57(32-28-55)75-43-79-63-37-67-63)65(59)66-60-8-4-2-6-50(60)18-36-62(66)78-42-74-54-25-15-48(16-26-54)46-11-21-52(22-12-46)70-40-72-56-29-33-58(34-30-56)76-44-80-64-38-68-64/h1-36,63-64H,37-44H2. The second-order valence-electron chi connectivity index (χ2n) is 18.4. The quantitative estimate of drug-likeness (QED) is 0.0357. The van der Waals surface area contributed by atoms with Gasteiger partial charge in [-0.25, -0.2) is 0 Å². The molecule has 80 heavy (non-hydrogen) atoms. The summed E-state index contributed by atoms with van der Waals surface area (Å²) in [5, 5.41) is 4.12. The second-order valence-corrected chi connectivity index (χ2v) is 18.4. The molecule has 0 aromatic heterocycles. The minimum atomic E-state index is -0.149. The van der Waals surface area contributed by atoms with E-state index in [0.29, 0.717) is 70.7 Å². The van der Waals surface area contributed by atoms with Crippen molar-refractivity contribution < 1.29 is 66.3 Å². The molecule has 14 heteroatoms. The molecule has 0 bridgehead atoms. The third-order valence-corrected chi connectivity index (χ3v) is 13.1. The Morgan fingerprint density at radius 3 is 0.800 bits per heavy atom. The van der Waals surface area contributed by atoms with Crippen LogP contribution in [0.3, 0.4) is 0 Å². The van der Waals surface area contributed by atoms with Gasteiger partial charge in [-0.05, 0) is 153 Å². The lowest BCUT2D eigenvalue weighted by Gasteiger charge is -2.20. The van der Waals surface area contributed by atoms with Gasteiger partial charge in [-0.3, -0.25) is 0 Å². The van der Waals surface area contributed by atoms with Crippen LogP contribution in [0.15, 0.2) is 218 Å². The maximum atomic E-state index is 6.54. The topological polar surface area (TPSA) is 136 Å². The van der Waals surface area contributed by atoms with Gasteiger partial charge in [0.25, 0.3) is 0 Å². The monoisotopic (exact) mass is 1070 g/mol. The van der Waals surface area contributed by atoms with E-state index in [0.717, 1.165) is 54.9 Å². The molecule has 14 nitrogen and oxygen atoms in total. The van der Waals surface area contributed by atoms with Gasteiger partial charge < -0.3 is 66.3 Å². The Morgan fingerprint density at radius 2 is 0.512 bits per heavy atom. The van der Waals surface area contributed by atoms with Gasteiger partial charge in [0.15, 0.2) is 26.2 Å². The normalized spacial score (nSPS) is 14.2. The van der Waals surface area contributed by atoms with Crippen LogP contribution in [-0.2, 0) is 18.9 Å². The molecule has 10 aromatic rings. The van der Waals surface area contributed by atoms with Gasteiger partial charge in [-0.2, -0.15) is 0 Å². The van der Waals surface area contributed by atoms with E-state index in [1.807, 2.05) is 182 Å². The SMILES string of the molecule is c1ccc2c(-c3c(OCOc4ccc(-c5ccc(OCOc6ccc(OCOC7CO7)cc6)cc5)cc4)ccc4ccccc34)c(OCOc3ccc(-c4ccc(OCOc5ccc(OCOC6CO6)cc5)cc4)cc3)ccc2c1. The highest BCUT2D eigenvalue weighted by atomic mass is 16.8. The summed E-state index contributed by atoms with van der Waals surface area (Å²) in [7, 11) is 0. The maximum absolute atomic E-state index is 6.54. The minimum absolute atomic E-state index is 0.0317. The van der Waals surface area contributed by atoms with Crippen molar-refractivity contribution in [1.82, 2.24) is 0 Å². The Bertz CT molecular complexity index is 3360. The summed E-state index contributed by atoms with van der Waals surface area (Å²) in [6.07, 6.45) is -0.299. The van der Waals surface area contributed by atoms with Crippen molar-refractivity contribution in [3.8, 4) is 90.9 Å². The zero-order valence-corrected chi connectivity index (χ0v) is 43.3. The second kappa shape index (κ2) is 24.9. The molecule has 0 aliphatic carbocycles. The Kier molecular flexibility index (Phi) is 16.0. The zero-order chi connectivity index (χ0) is 53.7. The highest BCUT2D eigenvalue weighted by molar-refractivity contribution is 6.09. The largest absolute Gasteiger partial charge is 0.467 e. The Morgan fingerprint density at radius 1 is 0.263 bits per heavy atom. The number of rotatable bonds is 27. The van der Waals surface area contributed by atoms with E-state index in [4.69, 9.17) is 66.3 Å². The molecule has 0 N–H and O–H groups in total. The summed E-state index contributed by atoms with van der Waals surface area (Å²) in [5.74, 6) is 6.65. The number of epoxide rings is 2. The van der Waals surface area contributed by atoms with Crippen molar-refractivity contribution in [3.05, 3.63) is 218 Å². The molecule has 12 rings (SSSR count). The van der Waals surface area contributed by atoms with Gasteiger partial charge in [0.2, 0.25) is 27.2 Å². The molecule has 0 radical (unpaired) electrons. The van der Waals surface area contributed by atoms with Crippen molar-refractivity contribution in [3.63, 3.8) is 0 Å². The molecule has 2 aliphatic rings. The van der Waals surface area contributed by atoms with E-state index in [-0.39, 0.29) is 53.3 Å². The van der Waals surface area contributed by atoms with E-state index in [9.17, 15) is 0 Å². The molecule has 0 saturated carbocycles. The molecule has 2 atom stereocenters. The van der Waals surface area contributed by atoms with Gasteiger partial charge in [0.05, 0.1) is 0 Å². The van der Waals surface area contributed by atoms with Gasteiger partial charge in [-0.15, -0.1) is 0 Å². The third-order valence-electron chi connectivity index (χ3n) is 13.1. The molecule has 0 amide bonds. The van der Waals surface area contributed by atoms with Crippen LogP contribution in [0.4, 0.5) is 0 Å². The Labute approximate surface area is 461 Å². The molecule has 2 saturated heterocycles. The van der Waals surface area contributed by atoms with Crippen LogP contribution in [0.2, 0.25) is 0 Å².